The van der Waals surface area contributed by atoms with Crippen LogP contribution in [0.2, 0.25) is 0 Å². The van der Waals surface area contributed by atoms with E-state index < -0.39 is 5.97 Å². The van der Waals surface area contributed by atoms with Gasteiger partial charge in [-0.05, 0) is 31.4 Å². The summed E-state index contributed by atoms with van der Waals surface area (Å²) in [6, 6.07) is 7.31. The van der Waals surface area contributed by atoms with E-state index in [1.54, 1.807) is 12.3 Å². The molecule has 19 heavy (non-hydrogen) atoms. The lowest BCUT2D eigenvalue weighted by Crippen LogP contribution is -2.24. The zero-order valence-corrected chi connectivity index (χ0v) is 10.8. The minimum absolute atomic E-state index is 0.339. The van der Waals surface area contributed by atoms with Gasteiger partial charge in [0, 0.05) is 18.7 Å². The van der Waals surface area contributed by atoms with Gasteiger partial charge in [0.05, 0.1) is 6.21 Å². The number of carboxylic acid groups (broad SMARTS) is 1. The van der Waals surface area contributed by atoms with E-state index in [2.05, 4.69) is 5.10 Å². The van der Waals surface area contributed by atoms with Gasteiger partial charge in [0.1, 0.15) is 5.75 Å². The molecule has 1 N–H and O–H groups in total. The number of ether oxygens (including phenoxy) is 1. The number of hydrazone groups is 1. The Labute approximate surface area is 112 Å². The number of rotatable bonds is 5. The number of piperidine rings is 1. The SMILES string of the molecule is O=C(O)COc1ccccc1/C=N\N1CCCCC1. The Morgan fingerprint density at radius 3 is 2.79 bits per heavy atom. The molecule has 0 atom stereocenters. The molecule has 1 aliphatic rings. The average molecular weight is 262 g/mol. The maximum absolute atomic E-state index is 10.5. The summed E-state index contributed by atoms with van der Waals surface area (Å²) in [7, 11) is 0. The van der Waals surface area contributed by atoms with E-state index in [4.69, 9.17) is 9.84 Å². The molecule has 0 unspecified atom stereocenters. The van der Waals surface area contributed by atoms with E-state index >= 15 is 0 Å². The Bertz CT molecular complexity index is 454. The van der Waals surface area contributed by atoms with Gasteiger partial charge in [-0.15, -0.1) is 0 Å². The fraction of sp³-hybridized carbons (Fsp3) is 0.429. The first-order chi connectivity index (χ1) is 9.25. The summed E-state index contributed by atoms with van der Waals surface area (Å²) in [5, 5.41) is 15.1. The van der Waals surface area contributed by atoms with Gasteiger partial charge in [-0.2, -0.15) is 5.10 Å². The third-order valence-electron chi connectivity index (χ3n) is 2.96. The summed E-state index contributed by atoms with van der Waals surface area (Å²) in [6.07, 6.45) is 5.36. The molecular weight excluding hydrogens is 244 g/mol. The van der Waals surface area contributed by atoms with Crippen LogP contribution in [-0.2, 0) is 4.79 Å². The largest absolute Gasteiger partial charge is 0.481 e. The standard InChI is InChI=1S/C14H18N2O3/c17-14(18)11-19-13-7-3-2-6-12(13)10-15-16-8-4-1-5-9-16/h2-3,6-7,10H,1,4-5,8-9,11H2,(H,17,18)/b15-10-. The molecule has 5 heteroatoms. The second-order valence-corrected chi connectivity index (χ2v) is 4.48. The number of aliphatic carboxylic acids is 1. The summed E-state index contributed by atoms with van der Waals surface area (Å²) < 4.78 is 5.23. The fourth-order valence-electron chi connectivity index (χ4n) is 1.99. The van der Waals surface area contributed by atoms with Crippen LogP contribution < -0.4 is 4.74 Å². The van der Waals surface area contributed by atoms with Crippen LogP contribution in [0.25, 0.3) is 0 Å². The second-order valence-electron chi connectivity index (χ2n) is 4.48. The summed E-state index contributed by atoms with van der Waals surface area (Å²) in [6.45, 7) is 1.62. The van der Waals surface area contributed by atoms with Crippen molar-refractivity contribution in [3.05, 3.63) is 29.8 Å². The van der Waals surface area contributed by atoms with Crippen LogP contribution in [0.15, 0.2) is 29.4 Å². The quantitative estimate of drug-likeness (QED) is 0.824. The van der Waals surface area contributed by atoms with Gasteiger partial charge in [-0.25, -0.2) is 4.79 Å². The van der Waals surface area contributed by atoms with E-state index in [1.807, 2.05) is 23.2 Å². The van der Waals surface area contributed by atoms with Crippen LogP contribution in [0, 0.1) is 0 Å². The van der Waals surface area contributed by atoms with Crippen molar-refractivity contribution in [1.29, 1.82) is 0 Å². The molecule has 0 aromatic heterocycles. The molecule has 5 nitrogen and oxygen atoms in total. The van der Waals surface area contributed by atoms with Gasteiger partial charge in [0.15, 0.2) is 6.61 Å². The topological polar surface area (TPSA) is 62.1 Å². The van der Waals surface area contributed by atoms with Crippen LogP contribution in [0.5, 0.6) is 5.75 Å². The van der Waals surface area contributed by atoms with Gasteiger partial charge in [0.2, 0.25) is 0 Å². The summed E-state index contributed by atoms with van der Waals surface area (Å²) in [5.74, 6) is -0.437. The molecule has 0 bridgehead atoms. The first kappa shape index (κ1) is 13.4. The highest BCUT2D eigenvalue weighted by molar-refractivity contribution is 5.83. The predicted octanol–water partition coefficient (Wildman–Crippen LogP) is 1.97. The maximum atomic E-state index is 10.5. The normalized spacial score (nSPS) is 15.7. The Hall–Kier alpha value is -2.04. The van der Waals surface area contributed by atoms with Crippen molar-refractivity contribution in [2.75, 3.05) is 19.7 Å². The first-order valence-electron chi connectivity index (χ1n) is 6.48. The highest BCUT2D eigenvalue weighted by atomic mass is 16.5. The van der Waals surface area contributed by atoms with Crippen LogP contribution >= 0.6 is 0 Å². The van der Waals surface area contributed by atoms with Crippen molar-refractivity contribution in [3.63, 3.8) is 0 Å². The predicted molar refractivity (Wildman–Crippen MR) is 72.6 cm³/mol. The molecule has 1 aromatic rings. The fourth-order valence-corrected chi connectivity index (χ4v) is 1.99. The van der Waals surface area contributed by atoms with Gasteiger partial charge in [-0.3, -0.25) is 5.01 Å². The van der Waals surface area contributed by atoms with E-state index in [1.165, 1.54) is 19.3 Å². The first-order valence-corrected chi connectivity index (χ1v) is 6.48. The molecule has 1 fully saturated rings. The average Bonchev–Trinajstić information content (AvgIpc) is 2.45. The number of benzene rings is 1. The molecule has 1 aliphatic heterocycles. The van der Waals surface area contributed by atoms with Crippen molar-refractivity contribution in [2.45, 2.75) is 19.3 Å². The summed E-state index contributed by atoms with van der Waals surface area (Å²) >= 11 is 0. The lowest BCUT2D eigenvalue weighted by atomic mass is 10.2. The summed E-state index contributed by atoms with van der Waals surface area (Å²) in [5.41, 5.74) is 0.800. The molecule has 0 radical (unpaired) electrons. The van der Waals surface area contributed by atoms with Crippen molar-refractivity contribution < 1.29 is 14.6 Å². The molecule has 1 heterocycles. The zero-order valence-electron chi connectivity index (χ0n) is 10.8. The van der Waals surface area contributed by atoms with Gasteiger partial charge in [-0.1, -0.05) is 12.1 Å². The van der Waals surface area contributed by atoms with Crippen LogP contribution in [0.4, 0.5) is 0 Å². The Morgan fingerprint density at radius 2 is 2.05 bits per heavy atom. The lowest BCUT2D eigenvalue weighted by Gasteiger charge is -2.23. The number of nitrogens with zero attached hydrogens (tertiary/aromatic N) is 2. The van der Waals surface area contributed by atoms with E-state index in [0.717, 1.165) is 18.7 Å². The number of hydrogen-bond donors (Lipinski definition) is 1. The minimum atomic E-state index is -0.984. The highest BCUT2D eigenvalue weighted by Gasteiger charge is 2.07. The third-order valence-corrected chi connectivity index (χ3v) is 2.96. The van der Waals surface area contributed by atoms with Gasteiger partial charge in [0.25, 0.3) is 0 Å². The molecular formula is C14H18N2O3. The monoisotopic (exact) mass is 262 g/mol. The molecule has 0 amide bonds. The lowest BCUT2D eigenvalue weighted by molar-refractivity contribution is -0.139. The van der Waals surface area contributed by atoms with Gasteiger partial charge < -0.3 is 9.84 Å². The van der Waals surface area contributed by atoms with Crippen LogP contribution in [0.1, 0.15) is 24.8 Å². The number of carboxylic acids is 1. The van der Waals surface area contributed by atoms with Crippen molar-refractivity contribution >= 4 is 12.2 Å². The third kappa shape index (κ3) is 4.28. The molecule has 1 saturated heterocycles. The molecule has 0 aliphatic carbocycles. The van der Waals surface area contributed by atoms with Crippen molar-refractivity contribution in [3.8, 4) is 5.75 Å². The second kappa shape index (κ2) is 6.78. The number of hydrogen-bond acceptors (Lipinski definition) is 4. The van der Waals surface area contributed by atoms with Crippen LogP contribution in [-0.4, -0.2) is 42.0 Å². The minimum Gasteiger partial charge on any atom is -0.481 e. The Morgan fingerprint density at radius 1 is 1.32 bits per heavy atom. The highest BCUT2D eigenvalue weighted by Crippen LogP contribution is 2.16. The van der Waals surface area contributed by atoms with Gasteiger partial charge >= 0.3 is 5.97 Å². The number of carbonyl (C=O) groups is 1. The van der Waals surface area contributed by atoms with E-state index in [-0.39, 0.29) is 6.61 Å². The van der Waals surface area contributed by atoms with E-state index in [0.29, 0.717) is 5.75 Å². The smallest absolute Gasteiger partial charge is 0.341 e. The van der Waals surface area contributed by atoms with E-state index in [9.17, 15) is 4.79 Å². The maximum Gasteiger partial charge on any atom is 0.341 e. The number of para-hydroxylation sites is 1. The molecule has 0 saturated carbocycles. The molecule has 2 rings (SSSR count). The molecule has 102 valence electrons. The van der Waals surface area contributed by atoms with Crippen molar-refractivity contribution in [1.82, 2.24) is 5.01 Å². The Balaban J connectivity index is 2.01. The Kier molecular flexibility index (Phi) is 4.78. The zero-order chi connectivity index (χ0) is 13.5. The molecule has 0 spiro atoms. The van der Waals surface area contributed by atoms with Crippen molar-refractivity contribution in [2.24, 2.45) is 5.10 Å². The summed E-state index contributed by atoms with van der Waals surface area (Å²) in [4.78, 5) is 10.5. The molecule has 1 aromatic carbocycles. The van der Waals surface area contributed by atoms with Crippen LogP contribution in [0.3, 0.4) is 0 Å².